The largest absolute Gasteiger partial charge is 0.443 e. The van der Waals surface area contributed by atoms with Crippen LogP contribution >= 0.6 is 0 Å². The molecule has 7 heteroatoms. The van der Waals surface area contributed by atoms with Crippen molar-refractivity contribution >= 4 is 6.09 Å². The quantitative estimate of drug-likeness (QED) is 0.567. The first-order chi connectivity index (χ1) is 13.1. The third kappa shape index (κ3) is 3.47. The highest BCUT2D eigenvalue weighted by molar-refractivity contribution is 5.69. The first kappa shape index (κ1) is 20.1. The molecule has 4 fully saturated rings. The van der Waals surface area contributed by atoms with Gasteiger partial charge < -0.3 is 29.0 Å². The Morgan fingerprint density at radius 2 is 2.00 bits per heavy atom. The molecule has 1 aliphatic carbocycles. The van der Waals surface area contributed by atoms with Crippen LogP contribution in [0.5, 0.6) is 0 Å². The van der Waals surface area contributed by atoms with Crippen molar-refractivity contribution in [3.05, 3.63) is 12.2 Å². The molecule has 0 radical (unpaired) electrons. The fraction of sp³-hybridized carbons (Fsp3) is 0.857. The summed E-state index contributed by atoms with van der Waals surface area (Å²) in [7, 11) is 1.67. The van der Waals surface area contributed by atoms with Gasteiger partial charge in [-0.05, 0) is 32.6 Å². The van der Waals surface area contributed by atoms with Gasteiger partial charge in [-0.15, -0.1) is 0 Å². The van der Waals surface area contributed by atoms with Crippen molar-refractivity contribution in [1.82, 2.24) is 4.90 Å². The Balaban J connectivity index is 1.47. The first-order valence-corrected chi connectivity index (χ1v) is 10.3. The van der Waals surface area contributed by atoms with Crippen LogP contribution in [0.15, 0.2) is 12.2 Å². The monoisotopic (exact) mass is 395 g/mol. The van der Waals surface area contributed by atoms with Crippen LogP contribution in [0.1, 0.15) is 40.5 Å². The van der Waals surface area contributed by atoms with E-state index < -0.39 is 5.60 Å². The Morgan fingerprint density at radius 3 is 2.54 bits per heavy atom. The SMILES string of the molecule is COC1C(OC(=O)N2CC(C)(O)C2)CCC2(CO2)C1C1(C)OC1C=CC(C)C. The molecule has 1 saturated carbocycles. The molecule has 6 atom stereocenters. The number of likely N-dealkylation sites (tertiary alicyclic amines) is 1. The molecule has 0 aromatic rings. The molecule has 28 heavy (non-hydrogen) atoms. The van der Waals surface area contributed by atoms with Crippen LogP contribution in [-0.4, -0.2) is 78.0 Å². The van der Waals surface area contributed by atoms with E-state index >= 15 is 0 Å². The van der Waals surface area contributed by atoms with Crippen LogP contribution in [0.25, 0.3) is 0 Å². The fourth-order valence-electron chi connectivity index (χ4n) is 5.05. The van der Waals surface area contributed by atoms with Crippen LogP contribution in [0.4, 0.5) is 4.79 Å². The van der Waals surface area contributed by atoms with Gasteiger partial charge in [0.1, 0.15) is 29.5 Å². The van der Waals surface area contributed by atoms with Crippen molar-refractivity contribution in [2.24, 2.45) is 11.8 Å². The van der Waals surface area contributed by atoms with Crippen molar-refractivity contribution in [2.75, 3.05) is 26.8 Å². The maximum absolute atomic E-state index is 12.5. The molecule has 3 saturated heterocycles. The number of epoxide rings is 2. The van der Waals surface area contributed by atoms with Crippen molar-refractivity contribution in [3.8, 4) is 0 Å². The number of nitrogens with zero attached hydrogens (tertiary/aromatic N) is 1. The van der Waals surface area contributed by atoms with Crippen LogP contribution in [0.2, 0.25) is 0 Å². The minimum absolute atomic E-state index is 0.00198. The van der Waals surface area contributed by atoms with Gasteiger partial charge in [0.25, 0.3) is 0 Å². The van der Waals surface area contributed by atoms with Gasteiger partial charge in [-0.25, -0.2) is 4.79 Å². The number of ether oxygens (including phenoxy) is 4. The van der Waals surface area contributed by atoms with E-state index in [4.69, 9.17) is 18.9 Å². The van der Waals surface area contributed by atoms with E-state index in [1.165, 1.54) is 4.90 Å². The average Bonchev–Trinajstić information content (AvgIpc) is 3.50. The smallest absolute Gasteiger partial charge is 0.410 e. The molecule has 0 bridgehead atoms. The van der Waals surface area contributed by atoms with Gasteiger partial charge in [-0.2, -0.15) is 0 Å². The van der Waals surface area contributed by atoms with Crippen LogP contribution in [-0.2, 0) is 18.9 Å². The molecule has 1 N–H and O–H groups in total. The number of rotatable bonds is 5. The maximum atomic E-state index is 12.5. The lowest BCUT2D eigenvalue weighted by molar-refractivity contribution is -0.133. The highest BCUT2D eigenvalue weighted by atomic mass is 16.6. The molecule has 3 aliphatic heterocycles. The standard InChI is InChI=1S/C21H33NO6/c1-13(2)6-7-15-20(4,28-15)17-16(25-5)14(8-9-21(17)12-26-21)27-18(23)22-10-19(3,24)11-22/h6-7,13-17,24H,8-12H2,1-5H3. The summed E-state index contributed by atoms with van der Waals surface area (Å²) in [6, 6.07) is 0. The van der Waals surface area contributed by atoms with Crippen molar-refractivity contribution in [3.63, 3.8) is 0 Å². The number of carbonyl (C=O) groups excluding carboxylic acids is 1. The molecule has 158 valence electrons. The van der Waals surface area contributed by atoms with Crippen molar-refractivity contribution in [1.29, 1.82) is 0 Å². The molecule has 7 nitrogen and oxygen atoms in total. The summed E-state index contributed by atoms with van der Waals surface area (Å²) >= 11 is 0. The number of hydrogen-bond acceptors (Lipinski definition) is 6. The van der Waals surface area contributed by atoms with Gasteiger partial charge in [-0.1, -0.05) is 26.0 Å². The summed E-state index contributed by atoms with van der Waals surface area (Å²) in [6.45, 7) is 9.42. The fourth-order valence-corrected chi connectivity index (χ4v) is 5.05. The minimum Gasteiger partial charge on any atom is -0.443 e. The molecule has 1 amide bonds. The minimum atomic E-state index is -0.814. The van der Waals surface area contributed by atoms with Gasteiger partial charge in [0, 0.05) is 7.11 Å². The Hall–Kier alpha value is -1.15. The van der Waals surface area contributed by atoms with E-state index in [0.29, 0.717) is 32.0 Å². The van der Waals surface area contributed by atoms with Crippen molar-refractivity contribution < 1.29 is 28.8 Å². The van der Waals surface area contributed by atoms with Gasteiger partial charge >= 0.3 is 6.09 Å². The second-order valence-corrected chi connectivity index (χ2v) is 9.70. The second-order valence-electron chi connectivity index (χ2n) is 9.70. The number of carbonyl (C=O) groups is 1. The lowest BCUT2D eigenvalue weighted by Gasteiger charge is -2.46. The van der Waals surface area contributed by atoms with Crippen LogP contribution in [0, 0.1) is 11.8 Å². The predicted molar refractivity (Wildman–Crippen MR) is 102 cm³/mol. The van der Waals surface area contributed by atoms with E-state index in [-0.39, 0.29) is 41.5 Å². The van der Waals surface area contributed by atoms with E-state index in [2.05, 4.69) is 32.9 Å². The van der Waals surface area contributed by atoms with Gasteiger partial charge in [0.15, 0.2) is 0 Å². The van der Waals surface area contributed by atoms with Crippen LogP contribution < -0.4 is 0 Å². The summed E-state index contributed by atoms with van der Waals surface area (Å²) in [5.41, 5.74) is -1.43. The molecule has 0 aromatic carbocycles. The summed E-state index contributed by atoms with van der Waals surface area (Å²) < 4.78 is 23.7. The summed E-state index contributed by atoms with van der Waals surface area (Å²) in [5.74, 6) is 0.462. The molecule has 3 heterocycles. The third-order valence-corrected chi connectivity index (χ3v) is 6.65. The zero-order valence-electron chi connectivity index (χ0n) is 17.5. The lowest BCUT2D eigenvalue weighted by atomic mass is 9.68. The number of hydrogen-bond donors (Lipinski definition) is 1. The average molecular weight is 395 g/mol. The van der Waals surface area contributed by atoms with Crippen molar-refractivity contribution in [2.45, 2.75) is 75.7 Å². The third-order valence-electron chi connectivity index (χ3n) is 6.65. The van der Waals surface area contributed by atoms with Crippen LogP contribution in [0.3, 0.4) is 0 Å². The Labute approximate surface area is 166 Å². The van der Waals surface area contributed by atoms with E-state index in [9.17, 15) is 9.90 Å². The first-order valence-electron chi connectivity index (χ1n) is 10.3. The van der Waals surface area contributed by atoms with Gasteiger partial charge in [0.2, 0.25) is 0 Å². The predicted octanol–water partition coefficient (Wildman–Crippen LogP) is 2.12. The molecular weight excluding hydrogens is 362 g/mol. The second kappa shape index (κ2) is 6.69. The Kier molecular flexibility index (Phi) is 4.81. The molecule has 4 rings (SSSR count). The summed E-state index contributed by atoms with van der Waals surface area (Å²) in [5, 5.41) is 9.88. The normalized spacial score (nSPS) is 44.0. The highest BCUT2D eigenvalue weighted by Gasteiger charge is 2.72. The zero-order valence-corrected chi connectivity index (χ0v) is 17.5. The maximum Gasteiger partial charge on any atom is 0.410 e. The number of methoxy groups -OCH3 is 1. The van der Waals surface area contributed by atoms with E-state index in [1.54, 1.807) is 14.0 Å². The Bertz CT molecular complexity index is 649. The van der Waals surface area contributed by atoms with E-state index in [0.717, 1.165) is 6.42 Å². The Morgan fingerprint density at radius 1 is 1.32 bits per heavy atom. The number of amides is 1. The summed E-state index contributed by atoms with van der Waals surface area (Å²) in [4.78, 5) is 14.0. The molecular formula is C21H33NO6. The molecule has 4 aliphatic rings. The zero-order chi connectivity index (χ0) is 20.3. The van der Waals surface area contributed by atoms with Gasteiger partial charge in [-0.3, -0.25) is 0 Å². The number of allylic oxidation sites excluding steroid dienone is 1. The van der Waals surface area contributed by atoms with Gasteiger partial charge in [0.05, 0.1) is 31.2 Å². The topological polar surface area (TPSA) is 84.1 Å². The molecule has 1 spiro atoms. The molecule has 6 unspecified atom stereocenters. The summed E-state index contributed by atoms with van der Waals surface area (Å²) in [6.07, 6.45) is 4.82. The lowest BCUT2D eigenvalue weighted by Crippen LogP contribution is -2.63. The highest BCUT2D eigenvalue weighted by Crippen LogP contribution is 2.59. The number of β-amino-alcohol motifs (C(OH)–C–C–N with tert-alkyl or cyclic N) is 1. The molecule has 0 aromatic heterocycles. The van der Waals surface area contributed by atoms with E-state index in [1.807, 2.05) is 0 Å². The number of aliphatic hydroxyl groups is 1.